The second-order valence-corrected chi connectivity index (χ2v) is 19.1. The van der Waals surface area contributed by atoms with Crippen LogP contribution in [0.3, 0.4) is 0 Å². The number of nitrogens with zero attached hydrogens (tertiary/aromatic N) is 2. The van der Waals surface area contributed by atoms with Crippen LogP contribution < -0.4 is 11.5 Å². The van der Waals surface area contributed by atoms with Gasteiger partial charge in [0.15, 0.2) is 0 Å². The Labute approximate surface area is 439 Å². The van der Waals surface area contributed by atoms with Gasteiger partial charge in [0.1, 0.15) is 24.4 Å². The summed E-state index contributed by atoms with van der Waals surface area (Å²) < 4.78 is 19.6. The number of carbonyl (C=O) groups excluding carboxylic acids is 4. The maximum atomic E-state index is 11.5. The molecular formula is C56H119ClN4O9. The quantitative estimate of drug-likeness (QED) is 0.0173. The minimum atomic E-state index is -0.492. The van der Waals surface area contributed by atoms with Crippen molar-refractivity contribution in [2.75, 3.05) is 54.6 Å². The van der Waals surface area contributed by atoms with Crippen molar-refractivity contribution in [3.05, 3.63) is 0 Å². The van der Waals surface area contributed by atoms with Crippen molar-refractivity contribution < 1.29 is 43.2 Å². The van der Waals surface area contributed by atoms with Gasteiger partial charge in [-0.15, -0.1) is 12.4 Å². The molecule has 0 spiro atoms. The van der Waals surface area contributed by atoms with E-state index < -0.39 is 12.3 Å². The number of halogens is 1. The molecule has 70 heavy (non-hydrogen) atoms. The number of aliphatic hydroxyl groups excluding tert-OH is 1. The molecule has 14 heteroatoms. The fraction of sp³-hybridized carbons (Fsp3) is 0.929. The molecule has 0 radical (unpaired) electrons. The standard InChI is InChI=1S/2C15H31NO2.C13H27NO2.C10H22O.C3H7NO2.ClH/c2*1-5-6-7-8-9-10-11-12-13-18-15(17)14(2)16(3)4;1-3-4-5-6-7-8-9-10-11-16-13(15)12(2)14;1-2-3-4-5-6-7-8-9-10-11;1-3(4)6-2-5;/h2*14H,5-13H2,1-4H3;12H,3-11,14H2,1-2H3;11H,2-10H2,1H3;2-3H,4H2,1H3;1H. The lowest BCUT2D eigenvalue weighted by atomic mass is 10.1. The van der Waals surface area contributed by atoms with Crippen molar-refractivity contribution in [3.63, 3.8) is 0 Å². The van der Waals surface area contributed by atoms with Crippen LogP contribution in [0.5, 0.6) is 0 Å². The second kappa shape index (κ2) is 67.0. The van der Waals surface area contributed by atoms with Crippen LogP contribution in [0.15, 0.2) is 0 Å². The predicted octanol–water partition coefficient (Wildman–Crippen LogP) is 13.3. The van der Waals surface area contributed by atoms with Crippen LogP contribution in [0.1, 0.15) is 261 Å². The van der Waals surface area contributed by atoms with Crippen LogP contribution >= 0.6 is 12.4 Å². The molecule has 424 valence electrons. The van der Waals surface area contributed by atoms with Crippen molar-refractivity contribution in [1.29, 1.82) is 0 Å². The molecule has 0 aromatic carbocycles. The Bertz CT molecular complexity index is 989. The van der Waals surface area contributed by atoms with E-state index in [1.54, 1.807) is 13.8 Å². The van der Waals surface area contributed by atoms with E-state index in [4.69, 9.17) is 30.8 Å². The highest BCUT2D eigenvalue weighted by Gasteiger charge is 2.16. The summed E-state index contributed by atoms with van der Waals surface area (Å²) in [5, 5.41) is 8.51. The fourth-order valence-electron chi connectivity index (χ4n) is 6.35. The number of hydrogen-bond acceptors (Lipinski definition) is 13. The highest BCUT2D eigenvalue weighted by Crippen LogP contribution is 2.11. The van der Waals surface area contributed by atoms with E-state index in [9.17, 15) is 19.2 Å². The molecule has 13 nitrogen and oxygen atoms in total. The van der Waals surface area contributed by atoms with Gasteiger partial charge in [0.05, 0.1) is 19.8 Å². The maximum Gasteiger partial charge on any atom is 0.323 e. The first-order chi connectivity index (χ1) is 33.0. The Morgan fingerprint density at radius 2 is 0.657 bits per heavy atom. The molecule has 0 aliphatic rings. The van der Waals surface area contributed by atoms with Gasteiger partial charge in [0.2, 0.25) is 0 Å². The molecule has 0 aromatic heterocycles. The first kappa shape index (κ1) is 79.4. The number of likely N-dealkylation sites (N-methyl/N-ethyl adjacent to an activating group) is 2. The van der Waals surface area contributed by atoms with E-state index in [0.717, 1.165) is 32.1 Å². The van der Waals surface area contributed by atoms with Crippen LogP contribution in [0.25, 0.3) is 0 Å². The van der Waals surface area contributed by atoms with Crippen molar-refractivity contribution >= 4 is 36.8 Å². The van der Waals surface area contributed by atoms with Gasteiger partial charge in [0.25, 0.3) is 6.47 Å². The zero-order valence-electron chi connectivity index (χ0n) is 48.0. The summed E-state index contributed by atoms with van der Waals surface area (Å²) in [6.45, 7) is 18.3. The molecule has 0 amide bonds. The smallest absolute Gasteiger partial charge is 0.323 e. The Morgan fingerprint density at radius 1 is 0.429 bits per heavy atom. The lowest BCUT2D eigenvalue weighted by molar-refractivity contribution is -0.149. The van der Waals surface area contributed by atoms with Gasteiger partial charge in [-0.3, -0.25) is 34.7 Å². The third-order valence-electron chi connectivity index (χ3n) is 11.6. The minimum Gasteiger partial charge on any atom is -0.465 e. The summed E-state index contributed by atoms with van der Waals surface area (Å²) in [4.78, 5) is 47.1. The molecule has 4 atom stereocenters. The van der Waals surface area contributed by atoms with Crippen LogP contribution in [0.2, 0.25) is 0 Å². The lowest BCUT2D eigenvalue weighted by Crippen LogP contribution is -2.34. The highest BCUT2D eigenvalue weighted by atomic mass is 35.5. The Balaban J connectivity index is -0.000000189. The van der Waals surface area contributed by atoms with Crippen LogP contribution in [0, 0.1) is 0 Å². The summed E-state index contributed by atoms with van der Waals surface area (Å²) in [5.41, 5.74) is 10.3. The second-order valence-electron chi connectivity index (χ2n) is 19.1. The topological polar surface area (TPSA) is 184 Å². The van der Waals surface area contributed by atoms with Gasteiger partial charge in [-0.25, -0.2) is 0 Å². The van der Waals surface area contributed by atoms with Gasteiger partial charge in [0, 0.05) is 6.61 Å². The molecule has 0 bridgehead atoms. The number of rotatable bonds is 42. The SMILES string of the molecule is CC(N)OC=O.CCCCCCCCCCO.CCCCCCCCCCOC(=O)C(C)N.CCCCCCCCCCOC(=O)C(C)N(C)C.CCCCCCCCCCOC(=O)C(C)N(C)C.Cl. The van der Waals surface area contributed by atoms with Crippen molar-refractivity contribution in [1.82, 2.24) is 9.80 Å². The molecule has 0 aliphatic carbocycles. The van der Waals surface area contributed by atoms with E-state index in [2.05, 4.69) is 32.4 Å². The summed E-state index contributed by atoms with van der Waals surface area (Å²) in [7, 11) is 7.56. The largest absolute Gasteiger partial charge is 0.465 e. The molecule has 0 saturated carbocycles. The maximum absolute atomic E-state index is 11.5. The van der Waals surface area contributed by atoms with E-state index >= 15 is 0 Å². The Kier molecular flexibility index (Phi) is 75.9. The molecule has 5 N–H and O–H groups in total. The number of ether oxygens (including phenoxy) is 4. The number of aliphatic hydroxyl groups is 1. The van der Waals surface area contributed by atoms with E-state index in [1.807, 2.05) is 51.8 Å². The van der Waals surface area contributed by atoms with Gasteiger partial charge < -0.3 is 29.8 Å². The van der Waals surface area contributed by atoms with Crippen molar-refractivity contribution in [2.45, 2.75) is 285 Å². The van der Waals surface area contributed by atoms with Gasteiger partial charge in [-0.05, 0) is 81.6 Å². The van der Waals surface area contributed by atoms with E-state index in [0.29, 0.717) is 32.9 Å². The van der Waals surface area contributed by atoms with Crippen LogP contribution in [-0.2, 0) is 38.1 Å². The zero-order chi connectivity index (χ0) is 53.2. The van der Waals surface area contributed by atoms with Crippen molar-refractivity contribution in [2.24, 2.45) is 11.5 Å². The average Bonchev–Trinajstić information content (AvgIpc) is 3.32. The molecule has 0 heterocycles. The third-order valence-corrected chi connectivity index (χ3v) is 11.6. The molecule has 0 saturated heterocycles. The number of hydrogen-bond donors (Lipinski definition) is 3. The molecular weight excluding hydrogens is 908 g/mol. The number of nitrogens with two attached hydrogens (primary N) is 2. The summed E-state index contributed by atoms with van der Waals surface area (Å²) in [5.74, 6) is -0.506. The average molecular weight is 1030 g/mol. The number of carbonyl (C=O) groups is 4. The normalized spacial score (nSPS) is 12.1. The first-order valence-corrected chi connectivity index (χ1v) is 28.1. The third kappa shape index (κ3) is 72.5. The minimum absolute atomic E-state index is 0. The van der Waals surface area contributed by atoms with E-state index in [1.165, 1.54) is 173 Å². The first-order valence-electron chi connectivity index (χ1n) is 28.1. The van der Waals surface area contributed by atoms with Gasteiger partial charge in [-0.1, -0.05) is 207 Å². The number of unbranched alkanes of at least 4 members (excludes halogenated alkanes) is 28. The molecule has 4 unspecified atom stereocenters. The molecule has 0 aliphatic heterocycles. The number of esters is 3. The summed E-state index contributed by atoms with van der Waals surface area (Å²) in [6, 6.07) is -0.771. The van der Waals surface area contributed by atoms with Crippen molar-refractivity contribution in [3.8, 4) is 0 Å². The lowest BCUT2D eigenvalue weighted by Gasteiger charge is -2.17. The highest BCUT2D eigenvalue weighted by molar-refractivity contribution is 5.85. The van der Waals surface area contributed by atoms with Crippen LogP contribution in [0.4, 0.5) is 0 Å². The van der Waals surface area contributed by atoms with E-state index in [-0.39, 0.29) is 42.4 Å². The fourth-order valence-corrected chi connectivity index (χ4v) is 6.35. The Morgan fingerprint density at radius 3 is 0.843 bits per heavy atom. The predicted molar refractivity (Wildman–Crippen MR) is 298 cm³/mol. The van der Waals surface area contributed by atoms with Crippen LogP contribution in [-0.4, -0.2) is 118 Å². The zero-order valence-corrected chi connectivity index (χ0v) is 48.8. The van der Waals surface area contributed by atoms with Gasteiger partial charge in [-0.2, -0.15) is 0 Å². The monoisotopic (exact) mass is 1030 g/mol. The molecule has 0 aromatic rings. The summed E-state index contributed by atoms with van der Waals surface area (Å²) in [6.07, 6.45) is 40.2. The molecule has 0 fully saturated rings. The Hall–Kier alpha value is -2.03. The molecule has 0 rings (SSSR count). The summed E-state index contributed by atoms with van der Waals surface area (Å²) >= 11 is 0. The van der Waals surface area contributed by atoms with Gasteiger partial charge >= 0.3 is 17.9 Å².